The van der Waals surface area contributed by atoms with Crippen molar-refractivity contribution in [2.45, 2.75) is 25.8 Å². The number of nitrogens with one attached hydrogen (secondary N) is 1. The second kappa shape index (κ2) is 7.59. The Hall–Kier alpha value is -2.37. The SMILES string of the molecule is CCOC(=O)CNC(=O)C(c1ccccc1)N1CCCC1=O. The van der Waals surface area contributed by atoms with Gasteiger partial charge in [0.25, 0.3) is 0 Å². The van der Waals surface area contributed by atoms with Crippen LogP contribution in [0.5, 0.6) is 0 Å². The first-order valence-corrected chi connectivity index (χ1v) is 7.41. The van der Waals surface area contributed by atoms with E-state index in [-0.39, 0.29) is 25.0 Å². The summed E-state index contributed by atoms with van der Waals surface area (Å²) in [4.78, 5) is 37.4. The molecule has 1 atom stereocenters. The molecule has 0 aromatic heterocycles. The lowest BCUT2D eigenvalue weighted by atomic mass is 10.0. The van der Waals surface area contributed by atoms with Crippen LogP contribution in [0.25, 0.3) is 0 Å². The number of esters is 1. The Morgan fingerprint density at radius 1 is 1.32 bits per heavy atom. The van der Waals surface area contributed by atoms with E-state index in [1.807, 2.05) is 18.2 Å². The molecule has 1 aliphatic heterocycles. The zero-order valence-corrected chi connectivity index (χ0v) is 12.6. The van der Waals surface area contributed by atoms with Crippen molar-refractivity contribution in [3.05, 3.63) is 35.9 Å². The molecule has 0 radical (unpaired) electrons. The van der Waals surface area contributed by atoms with Gasteiger partial charge in [-0.25, -0.2) is 0 Å². The van der Waals surface area contributed by atoms with Crippen molar-refractivity contribution in [3.63, 3.8) is 0 Å². The highest BCUT2D eigenvalue weighted by atomic mass is 16.5. The first-order valence-electron chi connectivity index (χ1n) is 7.41. The molecule has 1 aliphatic rings. The van der Waals surface area contributed by atoms with Crippen molar-refractivity contribution in [1.82, 2.24) is 10.2 Å². The number of likely N-dealkylation sites (tertiary alicyclic amines) is 1. The summed E-state index contributed by atoms with van der Waals surface area (Å²) in [6.07, 6.45) is 1.20. The van der Waals surface area contributed by atoms with Crippen LogP contribution in [0, 0.1) is 0 Å². The molecule has 1 unspecified atom stereocenters. The predicted octanol–water partition coefficient (Wildman–Crippen LogP) is 1.03. The first-order chi connectivity index (χ1) is 10.6. The third-order valence-electron chi connectivity index (χ3n) is 3.50. The Kier molecular flexibility index (Phi) is 5.52. The molecule has 6 nitrogen and oxygen atoms in total. The zero-order chi connectivity index (χ0) is 15.9. The Morgan fingerprint density at radius 3 is 2.64 bits per heavy atom. The van der Waals surface area contributed by atoms with E-state index in [2.05, 4.69) is 5.32 Å². The van der Waals surface area contributed by atoms with Gasteiger partial charge in [0.05, 0.1) is 6.61 Å². The van der Waals surface area contributed by atoms with Crippen LogP contribution in [-0.2, 0) is 19.1 Å². The molecule has 22 heavy (non-hydrogen) atoms. The van der Waals surface area contributed by atoms with Crippen molar-refractivity contribution in [1.29, 1.82) is 0 Å². The maximum Gasteiger partial charge on any atom is 0.325 e. The minimum absolute atomic E-state index is 0.0415. The molecule has 1 aromatic rings. The van der Waals surface area contributed by atoms with Crippen LogP contribution in [0.3, 0.4) is 0 Å². The van der Waals surface area contributed by atoms with Crippen LogP contribution in [0.15, 0.2) is 30.3 Å². The van der Waals surface area contributed by atoms with Crippen molar-refractivity contribution < 1.29 is 19.1 Å². The maximum absolute atomic E-state index is 12.5. The van der Waals surface area contributed by atoms with Crippen LogP contribution in [0.1, 0.15) is 31.4 Å². The van der Waals surface area contributed by atoms with E-state index in [9.17, 15) is 14.4 Å². The van der Waals surface area contributed by atoms with Crippen LogP contribution in [0.4, 0.5) is 0 Å². The lowest BCUT2D eigenvalue weighted by molar-refractivity contribution is -0.144. The highest BCUT2D eigenvalue weighted by molar-refractivity contribution is 5.91. The highest BCUT2D eigenvalue weighted by Crippen LogP contribution is 2.26. The number of hydrogen-bond donors (Lipinski definition) is 1. The fraction of sp³-hybridized carbons (Fsp3) is 0.438. The quantitative estimate of drug-likeness (QED) is 0.797. The van der Waals surface area contributed by atoms with Crippen molar-refractivity contribution in [2.24, 2.45) is 0 Å². The summed E-state index contributed by atoms with van der Waals surface area (Å²) in [5.74, 6) is -0.898. The van der Waals surface area contributed by atoms with Crippen LogP contribution < -0.4 is 5.32 Å². The van der Waals surface area contributed by atoms with E-state index in [1.165, 1.54) is 0 Å². The van der Waals surface area contributed by atoms with E-state index < -0.39 is 12.0 Å². The number of amides is 2. The lowest BCUT2D eigenvalue weighted by Gasteiger charge is -2.27. The molecule has 0 saturated carbocycles. The molecule has 0 spiro atoms. The molecule has 0 bridgehead atoms. The molecule has 1 fully saturated rings. The van der Waals surface area contributed by atoms with E-state index >= 15 is 0 Å². The number of nitrogens with zero attached hydrogens (tertiary/aromatic N) is 1. The molecule has 2 amide bonds. The van der Waals surface area contributed by atoms with Gasteiger partial charge in [-0.1, -0.05) is 30.3 Å². The van der Waals surface area contributed by atoms with Gasteiger partial charge < -0.3 is 15.0 Å². The predicted molar refractivity (Wildman–Crippen MR) is 79.8 cm³/mol. The normalized spacial score (nSPS) is 15.5. The van der Waals surface area contributed by atoms with E-state index in [4.69, 9.17) is 4.74 Å². The summed E-state index contributed by atoms with van der Waals surface area (Å²) in [5, 5.41) is 2.56. The number of carbonyl (C=O) groups is 3. The first kappa shape index (κ1) is 16.0. The summed E-state index contributed by atoms with van der Waals surface area (Å²) < 4.78 is 4.79. The summed E-state index contributed by atoms with van der Waals surface area (Å²) in [5.41, 5.74) is 0.735. The highest BCUT2D eigenvalue weighted by Gasteiger charge is 2.34. The van der Waals surface area contributed by atoms with Gasteiger partial charge in [-0.2, -0.15) is 0 Å². The Labute approximate surface area is 129 Å². The summed E-state index contributed by atoms with van der Waals surface area (Å²) in [7, 11) is 0. The fourth-order valence-electron chi connectivity index (χ4n) is 2.52. The number of ether oxygens (including phenoxy) is 1. The molecule has 1 saturated heterocycles. The molecule has 0 aliphatic carbocycles. The van der Waals surface area contributed by atoms with Crippen LogP contribution in [0.2, 0.25) is 0 Å². The molecule has 1 N–H and O–H groups in total. The van der Waals surface area contributed by atoms with Gasteiger partial charge in [0.15, 0.2) is 0 Å². The second-order valence-corrected chi connectivity index (χ2v) is 5.03. The smallest absolute Gasteiger partial charge is 0.325 e. The summed E-state index contributed by atoms with van der Waals surface area (Å²) >= 11 is 0. The molecular weight excluding hydrogens is 284 g/mol. The summed E-state index contributed by atoms with van der Waals surface area (Å²) in [6, 6.07) is 8.40. The van der Waals surface area contributed by atoms with Crippen molar-refractivity contribution in [3.8, 4) is 0 Å². The minimum atomic E-state index is -0.703. The third kappa shape index (κ3) is 3.84. The molecule has 6 heteroatoms. The number of rotatable bonds is 6. The van der Waals surface area contributed by atoms with Gasteiger partial charge in [-0.05, 0) is 18.9 Å². The van der Waals surface area contributed by atoms with Gasteiger partial charge in [0.2, 0.25) is 11.8 Å². The fourth-order valence-corrected chi connectivity index (χ4v) is 2.52. The van der Waals surface area contributed by atoms with E-state index in [0.717, 1.165) is 12.0 Å². The number of hydrogen-bond acceptors (Lipinski definition) is 4. The standard InChI is InChI=1S/C16H20N2O4/c1-2-22-14(20)11-17-16(21)15(12-7-4-3-5-8-12)18-10-6-9-13(18)19/h3-5,7-8,15H,2,6,9-11H2,1H3,(H,17,21). The topological polar surface area (TPSA) is 75.7 Å². The lowest BCUT2D eigenvalue weighted by Crippen LogP contribution is -2.43. The van der Waals surface area contributed by atoms with Gasteiger partial charge in [0.1, 0.15) is 12.6 Å². The van der Waals surface area contributed by atoms with E-state index in [0.29, 0.717) is 13.0 Å². The van der Waals surface area contributed by atoms with Crippen LogP contribution >= 0.6 is 0 Å². The Balaban J connectivity index is 2.12. The van der Waals surface area contributed by atoms with Crippen LogP contribution in [-0.4, -0.2) is 42.4 Å². The Bertz CT molecular complexity index is 544. The van der Waals surface area contributed by atoms with E-state index in [1.54, 1.807) is 24.0 Å². The average Bonchev–Trinajstić information content (AvgIpc) is 2.93. The van der Waals surface area contributed by atoms with Gasteiger partial charge >= 0.3 is 5.97 Å². The Morgan fingerprint density at radius 2 is 2.05 bits per heavy atom. The monoisotopic (exact) mass is 304 g/mol. The third-order valence-corrected chi connectivity index (χ3v) is 3.50. The molecular formula is C16H20N2O4. The molecule has 2 rings (SSSR count). The largest absolute Gasteiger partial charge is 0.465 e. The minimum Gasteiger partial charge on any atom is -0.465 e. The number of benzene rings is 1. The average molecular weight is 304 g/mol. The molecule has 1 aromatic carbocycles. The van der Waals surface area contributed by atoms with Gasteiger partial charge in [0, 0.05) is 13.0 Å². The van der Waals surface area contributed by atoms with Crippen molar-refractivity contribution >= 4 is 17.8 Å². The second-order valence-electron chi connectivity index (χ2n) is 5.03. The maximum atomic E-state index is 12.5. The zero-order valence-electron chi connectivity index (χ0n) is 12.6. The van der Waals surface area contributed by atoms with Gasteiger partial charge in [-0.3, -0.25) is 14.4 Å². The molecule has 118 valence electrons. The molecule has 1 heterocycles. The summed E-state index contributed by atoms with van der Waals surface area (Å²) in [6.45, 7) is 2.32. The number of carbonyl (C=O) groups excluding carboxylic acids is 3. The van der Waals surface area contributed by atoms with Crippen molar-refractivity contribution in [2.75, 3.05) is 19.7 Å². The van der Waals surface area contributed by atoms with Gasteiger partial charge in [-0.15, -0.1) is 0 Å².